The molecule has 3 aromatic rings. The second kappa shape index (κ2) is 7.81. The maximum atomic E-state index is 12.6. The Morgan fingerprint density at radius 3 is 2.32 bits per heavy atom. The van der Waals surface area contributed by atoms with Crippen LogP contribution in [0.1, 0.15) is 40.8 Å². The van der Waals surface area contributed by atoms with Crippen molar-refractivity contribution in [3.63, 3.8) is 0 Å². The highest BCUT2D eigenvalue weighted by atomic mass is 35.5. The molecule has 0 saturated carbocycles. The summed E-state index contributed by atoms with van der Waals surface area (Å²) in [6.45, 7) is 5.73. The lowest BCUT2D eigenvalue weighted by Crippen LogP contribution is -2.40. The van der Waals surface area contributed by atoms with Crippen LogP contribution >= 0.6 is 22.9 Å². The van der Waals surface area contributed by atoms with Gasteiger partial charge in [-0.2, -0.15) is 0 Å². The first-order chi connectivity index (χ1) is 13.2. The molecule has 0 spiro atoms. The molecule has 2 N–H and O–H groups in total. The topological polar surface area (TPSA) is 67.4 Å². The summed E-state index contributed by atoms with van der Waals surface area (Å²) < 4.78 is 5.87. The fourth-order valence-corrected chi connectivity index (χ4v) is 4.14. The summed E-state index contributed by atoms with van der Waals surface area (Å²) in [6.07, 6.45) is 0. The van der Waals surface area contributed by atoms with Crippen LogP contribution in [0.4, 0.5) is 5.69 Å². The molecule has 0 saturated heterocycles. The molecule has 7 heteroatoms. The van der Waals surface area contributed by atoms with Gasteiger partial charge in [-0.1, -0.05) is 23.7 Å². The van der Waals surface area contributed by atoms with Crippen molar-refractivity contribution < 1.29 is 14.3 Å². The van der Waals surface area contributed by atoms with Crippen LogP contribution in [0.2, 0.25) is 5.02 Å². The highest BCUT2D eigenvalue weighted by molar-refractivity contribution is 7.22. The normalized spacial score (nSPS) is 11.3. The fraction of sp³-hybridized carbons (Fsp3) is 0.238. The van der Waals surface area contributed by atoms with Gasteiger partial charge in [-0.3, -0.25) is 9.59 Å². The first kappa shape index (κ1) is 20.2. The first-order valence-electron chi connectivity index (χ1n) is 8.68. The van der Waals surface area contributed by atoms with Crippen molar-refractivity contribution in [1.82, 2.24) is 5.32 Å². The van der Waals surface area contributed by atoms with Gasteiger partial charge in [0.1, 0.15) is 10.6 Å². The molecule has 28 heavy (non-hydrogen) atoms. The zero-order valence-corrected chi connectivity index (χ0v) is 17.6. The highest BCUT2D eigenvalue weighted by Crippen LogP contribution is 2.39. The number of fused-ring (bicyclic) bond motifs is 1. The van der Waals surface area contributed by atoms with E-state index in [9.17, 15) is 9.59 Å². The Kier molecular flexibility index (Phi) is 5.63. The van der Waals surface area contributed by atoms with Crippen LogP contribution in [-0.4, -0.2) is 24.5 Å². The second-order valence-corrected chi connectivity index (χ2v) is 8.71. The molecule has 1 heterocycles. The van der Waals surface area contributed by atoms with Crippen LogP contribution in [0.3, 0.4) is 0 Å². The third-order valence-corrected chi connectivity index (χ3v) is 5.69. The van der Waals surface area contributed by atoms with Crippen LogP contribution in [0.5, 0.6) is 5.75 Å². The van der Waals surface area contributed by atoms with Gasteiger partial charge in [0.25, 0.3) is 11.8 Å². The van der Waals surface area contributed by atoms with Gasteiger partial charge in [0.2, 0.25) is 0 Å². The maximum Gasteiger partial charge on any atom is 0.263 e. The van der Waals surface area contributed by atoms with Crippen molar-refractivity contribution in [2.75, 3.05) is 12.4 Å². The van der Waals surface area contributed by atoms with E-state index in [1.54, 1.807) is 43.5 Å². The lowest BCUT2D eigenvalue weighted by Gasteiger charge is -2.19. The Balaban J connectivity index is 1.92. The van der Waals surface area contributed by atoms with Crippen molar-refractivity contribution in [1.29, 1.82) is 0 Å². The van der Waals surface area contributed by atoms with E-state index in [0.717, 1.165) is 10.1 Å². The Hall–Kier alpha value is -2.57. The van der Waals surface area contributed by atoms with E-state index >= 15 is 0 Å². The molecule has 0 aliphatic heterocycles. The number of carbonyl (C=O) groups excluding carboxylic acids is 2. The lowest BCUT2D eigenvalue weighted by atomic mass is 10.1. The number of hydrogen-bond acceptors (Lipinski definition) is 4. The molecule has 0 aliphatic rings. The fourth-order valence-electron chi connectivity index (χ4n) is 2.67. The predicted molar refractivity (Wildman–Crippen MR) is 115 cm³/mol. The van der Waals surface area contributed by atoms with Crippen LogP contribution in [-0.2, 0) is 0 Å². The summed E-state index contributed by atoms with van der Waals surface area (Å²) in [5, 5.41) is 6.95. The van der Waals surface area contributed by atoms with E-state index in [1.807, 2.05) is 26.8 Å². The Morgan fingerprint density at radius 1 is 1.04 bits per heavy atom. The summed E-state index contributed by atoms with van der Waals surface area (Å²) in [7, 11) is 1.57. The molecule has 1 aromatic heterocycles. The van der Waals surface area contributed by atoms with E-state index in [1.165, 1.54) is 11.3 Å². The van der Waals surface area contributed by atoms with E-state index in [0.29, 0.717) is 26.9 Å². The molecule has 0 radical (unpaired) electrons. The quantitative estimate of drug-likeness (QED) is 0.602. The third-order valence-electron chi connectivity index (χ3n) is 3.95. The molecule has 0 aliphatic carbocycles. The molecule has 0 bridgehead atoms. The maximum absolute atomic E-state index is 12.6. The molecular weight excluding hydrogens is 396 g/mol. The number of methoxy groups -OCH3 is 1. The van der Waals surface area contributed by atoms with Gasteiger partial charge in [-0.25, -0.2) is 0 Å². The van der Waals surface area contributed by atoms with Crippen molar-refractivity contribution in [2.24, 2.45) is 0 Å². The van der Waals surface area contributed by atoms with Crippen LogP contribution in [0.15, 0.2) is 42.5 Å². The number of halogens is 1. The molecular formula is C21H21ClN2O3S. The van der Waals surface area contributed by atoms with Gasteiger partial charge in [0.15, 0.2) is 0 Å². The zero-order valence-electron chi connectivity index (χ0n) is 16.1. The summed E-state index contributed by atoms with van der Waals surface area (Å²) in [4.78, 5) is 25.6. The van der Waals surface area contributed by atoms with Crippen LogP contribution in [0.25, 0.3) is 10.1 Å². The molecule has 2 amide bonds. The number of thiophene rings is 1. The van der Waals surface area contributed by atoms with Gasteiger partial charge in [-0.05, 0) is 51.1 Å². The monoisotopic (exact) mass is 416 g/mol. The molecule has 0 unspecified atom stereocenters. The number of carbonyl (C=O) groups is 2. The Morgan fingerprint density at radius 2 is 1.71 bits per heavy atom. The van der Waals surface area contributed by atoms with E-state index in [-0.39, 0.29) is 17.4 Å². The van der Waals surface area contributed by atoms with Gasteiger partial charge < -0.3 is 15.4 Å². The average Bonchev–Trinajstić information content (AvgIpc) is 2.98. The van der Waals surface area contributed by atoms with Gasteiger partial charge in [0, 0.05) is 16.5 Å². The van der Waals surface area contributed by atoms with Gasteiger partial charge in [0.05, 0.1) is 22.5 Å². The van der Waals surface area contributed by atoms with Gasteiger partial charge >= 0.3 is 0 Å². The number of rotatable bonds is 4. The van der Waals surface area contributed by atoms with Crippen molar-refractivity contribution >= 4 is 50.5 Å². The first-order valence-corrected chi connectivity index (χ1v) is 9.88. The van der Waals surface area contributed by atoms with Crippen LogP contribution in [0, 0.1) is 0 Å². The van der Waals surface area contributed by atoms with Crippen molar-refractivity contribution in [3.8, 4) is 5.75 Å². The molecule has 3 rings (SSSR count). The predicted octanol–water partition coefficient (Wildman–Crippen LogP) is 5.34. The zero-order chi connectivity index (χ0) is 20.5. The molecule has 0 atom stereocenters. The number of anilines is 1. The molecule has 5 nitrogen and oxygen atoms in total. The number of benzene rings is 2. The minimum Gasteiger partial charge on any atom is -0.497 e. The smallest absolute Gasteiger partial charge is 0.263 e. The molecule has 0 fully saturated rings. The minimum atomic E-state index is -0.373. The van der Waals surface area contributed by atoms with E-state index in [2.05, 4.69) is 10.6 Å². The van der Waals surface area contributed by atoms with Gasteiger partial charge in [-0.15, -0.1) is 11.3 Å². The Bertz CT molecular complexity index is 1040. The summed E-state index contributed by atoms with van der Waals surface area (Å²) in [6, 6.07) is 12.3. The summed E-state index contributed by atoms with van der Waals surface area (Å²) in [5.74, 6) is 0.199. The number of amides is 2. The minimum absolute atomic E-state index is 0.230. The highest BCUT2D eigenvalue weighted by Gasteiger charge is 2.22. The standard InChI is InChI=1S/C21H21ClN2O3S/c1-21(2,3)24-20(26)18-16(22)14-6-5-7-15(17(14)28-18)23-19(25)12-8-10-13(27-4)11-9-12/h5-11H,1-4H3,(H,23,25)(H,24,26). The second-order valence-electron chi connectivity index (χ2n) is 7.31. The lowest BCUT2D eigenvalue weighted by molar-refractivity contribution is 0.0923. The largest absolute Gasteiger partial charge is 0.497 e. The summed E-state index contributed by atoms with van der Waals surface area (Å²) >= 11 is 7.73. The molecule has 2 aromatic carbocycles. The van der Waals surface area contributed by atoms with Crippen molar-refractivity contribution in [3.05, 3.63) is 57.9 Å². The Labute approximate surface area is 172 Å². The van der Waals surface area contributed by atoms with Crippen LogP contribution < -0.4 is 15.4 Å². The SMILES string of the molecule is COc1ccc(C(=O)Nc2cccc3c(Cl)c(C(=O)NC(C)(C)C)sc23)cc1. The number of hydrogen-bond donors (Lipinski definition) is 2. The number of nitrogens with one attached hydrogen (secondary N) is 2. The van der Waals surface area contributed by atoms with E-state index < -0.39 is 0 Å². The summed E-state index contributed by atoms with van der Waals surface area (Å²) in [5.41, 5.74) is 0.744. The van der Waals surface area contributed by atoms with E-state index in [4.69, 9.17) is 16.3 Å². The molecule has 146 valence electrons. The average molecular weight is 417 g/mol. The van der Waals surface area contributed by atoms with Crippen molar-refractivity contribution in [2.45, 2.75) is 26.3 Å². The number of ether oxygens (including phenoxy) is 1. The third kappa shape index (κ3) is 4.29.